The lowest BCUT2D eigenvalue weighted by Gasteiger charge is -2.47. The largest absolute Gasteiger partial charge is 0.494 e. The monoisotopic (exact) mass is 472 g/mol. The van der Waals surface area contributed by atoms with Gasteiger partial charge in [0.15, 0.2) is 0 Å². The van der Waals surface area contributed by atoms with Crippen molar-refractivity contribution in [2.75, 3.05) is 44.3 Å². The van der Waals surface area contributed by atoms with Crippen LogP contribution in [0.5, 0.6) is 5.75 Å². The topological polar surface area (TPSA) is 24.9 Å². The van der Waals surface area contributed by atoms with E-state index in [9.17, 15) is 0 Å². The van der Waals surface area contributed by atoms with Gasteiger partial charge in [0.2, 0.25) is 0 Å². The Hall–Kier alpha value is -1.56. The van der Waals surface area contributed by atoms with Gasteiger partial charge in [-0.05, 0) is 66.9 Å². The number of fused-ring (bicyclic) bond motifs is 1. The molecule has 0 aromatic heterocycles. The van der Waals surface area contributed by atoms with Gasteiger partial charge in [0.1, 0.15) is 11.9 Å². The van der Waals surface area contributed by atoms with Gasteiger partial charge in [0.25, 0.3) is 0 Å². The third-order valence-electron chi connectivity index (χ3n) is 6.31. The number of likely N-dealkylation sites (N-methyl/N-ethyl adjacent to an activating group) is 1. The molecule has 5 heteroatoms. The van der Waals surface area contributed by atoms with Crippen molar-refractivity contribution < 1.29 is 9.47 Å². The number of hydrogen-bond donors (Lipinski definition) is 0. The maximum atomic E-state index is 6.41. The highest BCUT2D eigenvalue weighted by Gasteiger charge is 2.37. The Labute approximate surface area is 189 Å². The number of unbranched alkanes of at least 4 members (excludes halogenated alkanes) is 1. The molecule has 0 bridgehead atoms. The summed E-state index contributed by atoms with van der Waals surface area (Å²) < 4.78 is 13.4. The molecule has 2 unspecified atom stereocenters. The van der Waals surface area contributed by atoms with Crippen molar-refractivity contribution in [2.24, 2.45) is 0 Å². The zero-order valence-electron chi connectivity index (χ0n) is 18.1. The van der Waals surface area contributed by atoms with Crippen molar-refractivity contribution in [3.05, 3.63) is 58.1 Å². The van der Waals surface area contributed by atoms with Crippen LogP contribution in [0.1, 0.15) is 43.9 Å². The Bertz CT molecular complexity index is 826. The predicted molar refractivity (Wildman–Crippen MR) is 127 cm³/mol. The van der Waals surface area contributed by atoms with E-state index in [0.717, 1.165) is 68.9 Å². The highest BCUT2D eigenvalue weighted by Crippen LogP contribution is 2.37. The number of hydrogen-bond acceptors (Lipinski definition) is 4. The fourth-order valence-corrected chi connectivity index (χ4v) is 4.99. The van der Waals surface area contributed by atoms with E-state index in [1.54, 1.807) is 0 Å². The molecule has 2 atom stereocenters. The summed E-state index contributed by atoms with van der Waals surface area (Å²) >= 11 is 3.63. The molecule has 2 heterocycles. The zero-order chi connectivity index (χ0) is 20.9. The maximum absolute atomic E-state index is 6.41. The molecule has 30 heavy (non-hydrogen) atoms. The molecule has 2 aliphatic rings. The van der Waals surface area contributed by atoms with E-state index in [1.807, 2.05) is 0 Å². The van der Waals surface area contributed by atoms with Gasteiger partial charge < -0.3 is 14.4 Å². The third-order valence-corrected chi connectivity index (χ3v) is 6.81. The fraction of sp³-hybridized carbons (Fsp3) is 0.520. The number of benzene rings is 2. The molecule has 1 fully saturated rings. The van der Waals surface area contributed by atoms with E-state index < -0.39 is 0 Å². The first kappa shape index (κ1) is 21.7. The molecule has 0 aliphatic carbocycles. The van der Waals surface area contributed by atoms with Gasteiger partial charge in [-0.15, -0.1) is 0 Å². The van der Waals surface area contributed by atoms with Crippen molar-refractivity contribution >= 4 is 21.6 Å². The predicted octanol–water partition coefficient (Wildman–Crippen LogP) is 5.45. The molecule has 2 aliphatic heterocycles. The Kier molecular flexibility index (Phi) is 7.34. The molecule has 0 N–H and O–H groups in total. The number of anilines is 1. The van der Waals surface area contributed by atoms with E-state index in [2.05, 4.69) is 82.0 Å². The summed E-state index contributed by atoms with van der Waals surface area (Å²) in [7, 11) is 0. The second-order valence-corrected chi connectivity index (χ2v) is 9.15. The second-order valence-electron chi connectivity index (χ2n) is 8.23. The summed E-state index contributed by atoms with van der Waals surface area (Å²) in [5, 5.41) is 0. The van der Waals surface area contributed by atoms with Gasteiger partial charge in [-0.2, -0.15) is 0 Å². The molecule has 0 radical (unpaired) electrons. The zero-order valence-corrected chi connectivity index (χ0v) is 19.7. The van der Waals surface area contributed by atoms with Crippen molar-refractivity contribution in [1.29, 1.82) is 0 Å². The summed E-state index contributed by atoms with van der Waals surface area (Å²) in [4.78, 5) is 5.09. The molecular weight excluding hydrogens is 440 g/mol. The van der Waals surface area contributed by atoms with Gasteiger partial charge in [-0.25, -0.2) is 0 Å². The van der Waals surface area contributed by atoms with E-state index >= 15 is 0 Å². The standard InChI is InChI=1S/C25H33BrN2O2/c1-3-5-15-29-22-9-7-21(8-10-22)28-14-13-27(4-2)18-24(28)25-23-11-6-20(26)17-19(23)12-16-30-25/h6-11,17,24-25H,3-5,12-16,18H2,1-2H3. The molecule has 4 rings (SSSR count). The molecule has 1 saturated heterocycles. The Morgan fingerprint density at radius 3 is 2.70 bits per heavy atom. The average molecular weight is 473 g/mol. The lowest BCUT2D eigenvalue weighted by molar-refractivity contribution is 0.00757. The van der Waals surface area contributed by atoms with Gasteiger partial charge in [-0.3, -0.25) is 4.90 Å². The molecule has 4 nitrogen and oxygen atoms in total. The Balaban J connectivity index is 1.58. The van der Waals surface area contributed by atoms with Crippen LogP contribution < -0.4 is 9.64 Å². The first-order chi connectivity index (χ1) is 14.7. The van der Waals surface area contributed by atoms with E-state index in [0.29, 0.717) is 6.04 Å². The SMILES string of the molecule is CCCCOc1ccc(N2CCN(CC)CC2C2OCCc3cc(Br)ccc32)cc1. The number of nitrogens with zero attached hydrogens (tertiary/aromatic N) is 2. The molecule has 0 amide bonds. The number of piperazine rings is 1. The number of halogens is 1. The average Bonchev–Trinajstić information content (AvgIpc) is 2.79. The summed E-state index contributed by atoms with van der Waals surface area (Å²) in [6.45, 7) is 10.2. The first-order valence-electron chi connectivity index (χ1n) is 11.3. The first-order valence-corrected chi connectivity index (χ1v) is 12.1. The van der Waals surface area contributed by atoms with Crippen molar-refractivity contribution in [1.82, 2.24) is 4.90 Å². The Morgan fingerprint density at radius 1 is 1.10 bits per heavy atom. The minimum absolute atomic E-state index is 0.0941. The Morgan fingerprint density at radius 2 is 1.93 bits per heavy atom. The molecule has 0 spiro atoms. The van der Waals surface area contributed by atoms with E-state index in [-0.39, 0.29) is 6.10 Å². The van der Waals surface area contributed by atoms with Crippen LogP contribution in [0.2, 0.25) is 0 Å². The van der Waals surface area contributed by atoms with Gasteiger partial charge >= 0.3 is 0 Å². The van der Waals surface area contributed by atoms with Crippen molar-refractivity contribution in [2.45, 2.75) is 45.3 Å². The highest BCUT2D eigenvalue weighted by atomic mass is 79.9. The lowest BCUT2D eigenvalue weighted by atomic mass is 9.91. The van der Waals surface area contributed by atoms with Gasteiger partial charge in [-0.1, -0.05) is 42.3 Å². The van der Waals surface area contributed by atoms with Gasteiger partial charge in [0.05, 0.1) is 19.3 Å². The van der Waals surface area contributed by atoms with Crippen LogP contribution in [-0.4, -0.2) is 50.3 Å². The minimum Gasteiger partial charge on any atom is -0.494 e. The second kappa shape index (κ2) is 10.2. The normalized spacial score (nSPS) is 22.0. The van der Waals surface area contributed by atoms with Crippen LogP contribution in [-0.2, 0) is 11.2 Å². The van der Waals surface area contributed by atoms with E-state index in [1.165, 1.54) is 16.8 Å². The van der Waals surface area contributed by atoms with Crippen LogP contribution in [0.3, 0.4) is 0 Å². The fourth-order valence-electron chi connectivity index (χ4n) is 4.58. The van der Waals surface area contributed by atoms with Gasteiger partial charge in [0, 0.05) is 29.8 Å². The van der Waals surface area contributed by atoms with E-state index in [4.69, 9.17) is 9.47 Å². The number of ether oxygens (including phenoxy) is 2. The maximum Gasteiger partial charge on any atom is 0.119 e. The minimum atomic E-state index is 0.0941. The third kappa shape index (κ3) is 4.84. The summed E-state index contributed by atoms with van der Waals surface area (Å²) in [6.07, 6.45) is 3.33. The van der Waals surface area contributed by atoms with Crippen molar-refractivity contribution in [3.8, 4) is 5.75 Å². The van der Waals surface area contributed by atoms with Crippen LogP contribution in [0.25, 0.3) is 0 Å². The highest BCUT2D eigenvalue weighted by molar-refractivity contribution is 9.10. The summed E-state index contributed by atoms with van der Waals surface area (Å²) in [5.41, 5.74) is 4.01. The molecular formula is C25H33BrN2O2. The molecule has 2 aromatic rings. The lowest BCUT2D eigenvalue weighted by Crippen LogP contribution is -2.56. The van der Waals surface area contributed by atoms with Crippen LogP contribution in [0, 0.1) is 0 Å². The quantitative estimate of drug-likeness (QED) is 0.499. The van der Waals surface area contributed by atoms with Crippen LogP contribution >= 0.6 is 15.9 Å². The summed E-state index contributed by atoms with van der Waals surface area (Å²) in [6, 6.07) is 15.6. The molecule has 0 saturated carbocycles. The van der Waals surface area contributed by atoms with Crippen LogP contribution in [0.15, 0.2) is 46.9 Å². The molecule has 162 valence electrons. The van der Waals surface area contributed by atoms with Crippen molar-refractivity contribution in [3.63, 3.8) is 0 Å². The number of rotatable bonds is 7. The summed E-state index contributed by atoms with van der Waals surface area (Å²) in [5.74, 6) is 0.958. The van der Waals surface area contributed by atoms with Crippen LogP contribution in [0.4, 0.5) is 5.69 Å². The smallest absolute Gasteiger partial charge is 0.119 e. The molecule has 2 aromatic carbocycles.